The molecule has 0 bridgehead atoms. The fraction of sp³-hybridized carbons (Fsp3) is 0.176. The standard InChI is InChI=1S/C17H17N5O3/c1-12-4-2-3-5-13(12)9-21-10-14(8-19-21)20-17(25)15-6-7-18-22(15)11-16(23)24/h2-8,10H,9,11H2,1H3,(H,20,25)(H,23,24). The summed E-state index contributed by atoms with van der Waals surface area (Å²) in [6.45, 7) is 2.26. The molecular weight excluding hydrogens is 322 g/mol. The molecule has 2 heterocycles. The molecular formula is C17H17N5O3. The molecule has 3 aromatic rings. The van der Waals surface area contributed by atoms with E-state index in [-0.39, 0.29) is 12.2 Å². The second-order valence-electron chi connectivity index (χ2n) is 5.58. The minimum Gasteiger partial charge on any atom is -0.480 e. The minimum absolute atomic E-state index is 0.175. The third-order valence-corrected chi connectivity index (χ3v) is 3.72. The summed E-state index contributed by atoms with van der Waals surface area (Å²) in [6, 6.07) is 9.48. The first-order valence-corrected chi connectivity index (χ1v) is 7.65. The number of carboxylic acids is 1. The molecule has 0 spiro atoms. The summed E-state index contributed by atoms with van der Waals surface area (Å²) in [4.78, 5) is 23.1. The first kappa shape index (κ1) is 16.4. The third kappa shape index (κ3) is 3.92. The number of carbonyl (C=O) groups excluding carboxylic acids is 1. The van der Waals surface area contributed by atoms with Crippen LogP contribution in [-0.2, 0) is 17.9 Å². The van der Waals surface area contributed by atoms with Gasteiger partial charge >= 0.3 is 5.97 Å². The van der Waals surface area contributed by atoms with Crippen molar-refractivity contribution in [2.75, 3.05) is 5.32 Å². The molecule has 2 N–H and O–H groups in total. The third-order valence-electron chi connectivity index (χ3n) is 3.72. The number of aromatic nitrogens is 4. The molecule has 8 nitrogen and oxygen atoms in total. The molecule has 0 radical (unpaired) electrons. The zero-order chi connectivity index (χ0) is 17.8. The van der Waals surface area contributed by atoms with Gasteiger partial charge in [0.2, 0.25) is 0 Å². The maximum absolute atomic E-state index is 12.3. The lowest BCUT2D eigenvalue weighted by molar-refractivity contribution is -0.137. The Morgan fingerprint density at radius 1 is 1.20 bits per heavy atom. The van der Waals surface area contributed by atoms with Gasteiger partial charge in [-0.15, -0.1) is 0 Å². The van der Waals surface area contributed by atoms with Crippen molar-refractivity contribution < 1.29 is 14.7 Å². The number of nitrogens with zero attached hydrogens (tertiary/aromatic N) is 4. The van der Waals surface area contributed by atoms with E-state index in [0.717, 1.165) is 10.2 Å². The zero-order valence-corrected chi connectivity index (χ0v) is 13.6. The Balaban J connectivity index is 1.69. The second kappa shape index (κ2) is 7.00. The van der Waals surface area contributed by atoms with Crippen LogP contribution in [0.4, 0.5) is 5.69 Å². The molecule has 2 aromatic heterocycles. The summed E-state index contributed by atoms with van der Waals surface area (Å²) < 4.78 is 2.86. The van der Waals surface area contributed by atoms with E-state index in [0.29, 0.717) is 12.2 Å². The van der Waals surface area contributed by atoms with Gasteiger partial charge in [0.05, 0.1) is 18.4 Å². The summed E-state index contributed by atoms with van der Waals surface area (Å²) in [6.07, 6.45) is 4.66. The number of aryl methyl sites for hydroxylation is 1. The van der Waals surface area contributed by atoms with Gasteiger partial charge in [-0.2, -0.15) is 10.2 Å². The molecule has 0 atom stereocenters. The molecule has 1 amide bonds. The van der Waals surface area contributed by atoms with Gasteiger partial charge in [-0.3, -0.25) is 14.3 Å². The van der Waals surface area contributed by atoms with Crippen molar-refractivity contribution in [1.82, 2.24) is 19.6 Å². The normalized spacial score (nSPS) is 10.6. The number of anilines is 1. The summed E-state index contributed by atoms with van der Waals surface area (Å²) in [5.41, 5.74) is 3.01. The van der Waals surface area contributed by atoms with Crippen LogP contribution in [-0.4, -0.2) is 36.5 Å². The van der Waals surface area contributed by atoms with Crippen molar-refractivity contribution in [1.29, 1.82) is 0 Å². The van der Waals surface area contributed by atoms with E-state index in [9.17, 15) is 9.59 Å². The van der Waals surface area contributed by atoms with Crippen molar-refractivity contribution in [2.24, 2.45) is 0 Å². The van der Waals surface area contributed by atoms with Crippen molar-refractivity contribution in [2.45, 2.75) is 20.0 Å². The molecule has 0 saturated carbocycles. The molecule has 0 unspecified atom stereocenters. The van der Waals surface area contributed by atoms with Gasteiger partial charge < -0.3 is 10.4 Å². The molecule has 1 aromatic carbocycles. The highest BCUT2D eigenvalue weighted by molar-refractivity contribution is 6.03. The van der Waals surface area contributed by atoms with Crippen LogP contribution in [0.5, 0.6) is 0 Å². The second-order valence-corrected chi connectivity index (χ2v) is 5.58. The Morgan fingerprint density at radius 2 is 2.00 bits per heavy atom. The number of hydrogen-bond donors (Lipinski definition) is 2. The largest absolute Gasteiger partial charge is 0.480 e. The molecule has 0 aliphatic rings. The van der Waals surface area contributed by atoms with Crippen LogP contribution >= 0.6 is 0 Å². The van der Waals surface area contributed by atoms with Gasteiger partial charge in [-0.1, -0.05) is 24.3 Å². The van der Waals surface area contributed by atoms with E-state index in [1.807, 2.05) is 31.2 Å². The molecule has 128 valence electrons. The average Bonchev–Trinajstić information content (AvgIpc) is 3.18. The average molecular weight is 339 g/mol. The van der Waals surface area contributed by atoms with Crippen molar-refractivity contribution in [3.05, 3.63) is 65.7 Å². The number of amides is 1. The lowest BCUT2D eigenvalue weighted by atomic mass is 10.1. The van der Waals surface area contributed by atoms with E-state index in [1.165, 1.54) is 17.8 Å². The van der Waals surface area contributed by atoms with Crippen molar-refractivity contribution >= 4 is 17.6 Å². The van der Waals surface area contributed by atoms with Crippen LogP contribution in [0.3, 0.4) is 0 Å². The quantitative estimate of drug-likeness (QED) is 0.712. The minimum atomic E-state index is -1.07. The van der Waals surface area contributed by atoms with Crippen LogP contribution in [0, 0.1) is 6.92 Å². The molecule has 0 aliphatic carbocycles. The first-order chi connectivity index (χ1) is 12.0. The van der Waals surface area contributed by atoms with Crippen LogP contribution in [0.2, 0.25) is 0 Å². The molecule has 8 heteroatoms. The van der Waals surface area contributed by atoms with Crippen LogP contribution in [0.1, 0.15) is 21.6 Å². The Hall–Kier alpha value is -3.42. The SMILES string of the molecule is Cc1ccccc1Cn1cc(NC(=O)c2ccnn2CC(=O)O)cn1. The Labute approximate surface area is 143 Å². The summed E-state index contributed by atoms with van der Waals surface area (Å²) in [7, 11) is 0. The lowest BCUT2D eigenvalue weighted by Crippen LogP contribution is -2.20. The molecule has 0 fully saturated rings. The topological polar surface area (TPSA) is 102 Å². The summed E-state index contributed by atoms with van der Waals surface area (Å²) in [5, 5.41) is 19.6. The Morgan fingerprint density at radius 3 is 2.76 bits per heavy atom. The number of benzene rings is 1. The predicted octanol–water partition coefficient (Wildman–Crippen LogP) is 1.77. The first-order valence-electron chi connectivity index (χ1n) is 7.65. The highest BCUT2D eigenvalue weighted by Crippen LogP contribution is 2.12. The van der Waals surface area contributed by atoms with Crippen molar-refractivity contribution in [3.8, 4) is 0 Å². The number of nitrogens with one attached hydrogen (secondary N) is 1. The number of aliphatic carboxylic acids is 1. The van der Waals surface area contributed by atoms with Gasteiger partial charge in [0.1, 0.15) is 12.2 Å². The van der Waals surface area contributed by atoms with Gasteiger partial charge in [-0.25, -0.2) is 4.68 Å². The fourth-order valence-electron chi connectivity index (χ4n) is 2.45. The molecule has 0 aliphatic heterocycles. The Bertz CT molecular complexity index is 912. The number of carboxylic acid groups (broad SMARTS) is 1. The van der Waals surface area contributed by atoms with E-state index >= 15 is 0 Å². The number of carbonyl (C=O) groups is 2. The van der Waals surface area contributed by atoms with Gasteiger partial charge in [0.15, 0.2) is 0 Å². The van der Waals surface area contributed by atoms with E-state index in [4.69, 9.17) is 5.11 Å². The highest BCUT2D eigenvalue weighted by atomic mass is 16.4. The van der Waals surface area contributed by atoms with E-state index in [1.54, 1.807) is 17.1 Å². The molecule has 3 rings (SSSR count). The van der Waals surface area contributed by atoms with Gasteiger partial charge in [0.25, 0.3) is 5.91 Å². The molecule has 0 saturated heterocycles. The van der Waals surface area contributed by atoms with Gasteiger partial charge in [-0.05, 0) is 24.1 Å². The Kier molecular flexibility index (Phi) is 4.60. The lowest BCUT2D eigenvalue weighted by Gasteiger charge is -2.06. The van der Waals surface area contributed by atoms with Gasteiger partial charge in [0, 0.05) is 12.4 Å². The predicted molar refractivity (Wildman–Crippen MR) is 90.3 cm³/mol. The maximum atomic E-state index is 12.3. The number of hydrogen-bond acceptors (Lipinski definition) is 4. The van der Waals surface area contributed by atoms with Crippen molar-refractivity contribution in [3.63, 3.8) is 0 Å². The summed E-state index contributed by atoms with van der Waals surface area (Å²) in [5.74, 6) is -1.50. The smallest absolute Gasteiger partial charge is 0.325 e. The maximum Gasteiger partial charge on any atom is 0.325 e. The molecule has 25 heavy (non-hydrogen) atoms. The van der Waals surface area contributed by atoms with Crippen LogP contribution in [0.25, 0.3) is 0 Å². The van der Waals surface area contributed by atoms with Crippen LogP contribution < -0.4 is 5.32 Å². The zero-order valence-electron chi connectivity index (χ0n) is 13.6. The fourth-order valence-corrected chi connectivity index (χ4v) is 2.45. The highest BCUT2D eigenvalue weighted by Gasteiger charge is 2.15. The van der Waals surface area contributed by atoms with Crippen LogP contribution in [0.15, 0.2) is 48.9 Å². The monoisotopic (exact) mass is 339 g/mol. The number of rotatable bonds is 6. The summed E-state index contributed by atoms with van der Waals surface area (Å²) >= 11 is 0. The van der Waals surface area contributed by atoms with E-state index in [2.05, 4.69) is 15.5 Å². The van der Waals surface area contributed by atoms with E-state index < -0.39 is 11.9 Å².